The highest BCUT2D eigenvalue weighted by molar-refractivity contribution is 6.31. The minimum Gasteiger partial charge on any atom is -0.308 e. The Hall–Kier alpha value is -0.880. The molecule has 0 spiro atoms. The minimum absolute atomic E-state index is 0.656. The maximum absolute atomic E-state index is 6.18. The number of nitrogen functional groups attached to an aromatic ring is 1. The Balaban J connectivity index is 1.91. The Morgan fingerprint density at radius 1 is 1.26 bits per heavy atom. The van der Waals surface area contributed by atoms with E-state index in [9.17, 15) is 0 Å². The number of pyridine rings is 1. The van der Waals surface area contributed by atoms with E-state index in [-0.39, 0.29) is 0 Å². The van der Waals surface area contributed by atoms with Crippen molar-refractivity contribution in [3.63, 3.8) is 0 Å². The lowest BCUT2D eigenvalue weighted by Crippen LogP contribution is -2.46. The lowest BCUT2D eigenvalue weighted by molar-refractivity contribution is 0.126. The van der Waals surface area contributed by atoms with Gasteiger partial charge in [0.05, 0.1) is 10.7 Å². The number of hydrogen-bond acceptors (Lipinski definition) is 5. The van der Waals surface area contributed by atoms with Gasteiger partial charge in [-0.2, -0.15) is 0 Å². The van der Waals surface area contributed by atoms with Crippen LogP contribution in [-0.4, -0.2) is 47.5 Å². The molecule has 1 aromatic heterocycles. The highest BCUT2D eigenvalue weighted by Crippen LogP contribution is 2.18. The molecule has 2 heterocycles. The molecule has 0 saturated carbocycles. The number of rotatable bonds is 5. The van der Waals surface area contributed by atoms with Gasteiger partial charge < -0.3 is 10.3 Å². The van der Waals surface area contributed by atoms with Gasteiger partial charge in [0, 0.05) is 32.7 Å². The molecule has 0 bridgehead atoms. The molecule has 0 unspecified atom stereocenters. The second kappa shape index (κ2) is 7.05. The molecule has 1 saturated heterocycles. The molecular weight excluding hydrogens is 262 g/mol. The van der Waals surface area contributed by atoms with Crippen molar-refractivity contribution in [2.45, 2.75) is 19.9 Å². The highest BCUT2D eigenvalue weighted by atomic mass is 35.5. The van der Waals surface area contributed by atoms with E-state index in [1.165, 1.54) is 13.0 Å². The summed E-state index contributed by atoms with van der Waals surface area (Å²) < 4.78 is 0. The molecule has 0 atom stereocenters. The van der Waals surface area contributed by atoms with Crippen LogP contribution >= 0.6 is 11.6 Å². The first-order valence-electron chi connectivity index (χ1n) is 6.79. The normalized spacial score (nSPS) is 17.6. The predicted octanol–water partition coefficient (Wildman–Crippen LogP) is 1.55. The van der Waals surface area contributed by atoms with Crippen molar-refractivity contribution in [3.8, 4) is 0 Å². The molecule has 0 aromatic carbocycles. The van der Waals surface area contributed by atoms with E-state index in [1.54, 1.807) is 6.07 Å². The molecule has 2 rings (SSSR count). The monoisotopic (exact) mass is 283 g/mol. The van der Waals surface area contributed by atoms with Crippen molar-refractivity contribution in [2.75, 3.05) is 38.1 Å². The molecule has 0 radical (unpaired) electrons. The predicted molar refractivity (Wildman–Crippen MR) is 79.1 cm³/mol. The fourth-order valence-electron chi connectivity index (χ4n) is 2.37. The van der Waals surface area contributed by atoms with E-state index < -0.39 is 0 Å². The third kappa shape index (κ3) is 4.04. The number of piperazine rings is 1. The maximum atomic E-state index is 6.18. The minimum atomic E-state index is 0.656. The number of nitrogens with zero attached hydrogens (tertiary/aromatic N) is 3. The van der Waals surface area contributed by atoms with Crippen LogP contribution in [0, 0.1) is 0 Å². The molecule has 5 nitrogen and oxygen atoms in total. The first-order chi connectivity index (χ1) is 9.22. The van der Waals surface area contributed by atoms with Crippen molar-refractivity contribution in [1.29, 1.82) is 0 Å². The van der Waals surface area contributed by atoms with E-state index in [1.807, 2.05) is 6.07 Å². The van der Waals surface area contributed by atoms with Gasteiger partial charge >= 0.3 is 0 Å². The SMILES string of the molecule is CCCN1CCN(Cc2nc(NN)ccc2Cl)CC1. The van der Waals surface area contributed by atoms with Gasteiger partial charge in [-0.3, -0.25) is 4.90 Å². The van der Waals surface area contributed by atoms with E-state index >= 15 is 0 Å². The van der Waals surface area contributed by atoms with Crippen LogP contribution in [0.3, 0.4) is 0 Å². The molecule has 1 aliphatic heterocycles. The van der Waals surface area contributed by atoms with Crippen molar-refractivity contribution in [3.05, 3.63) is 22.8 Å². The number of hydrogen-bond donors (Lipinski definition) is 2. The number of aromatic nitrogens is 1. The average molecular weight is 284 g/mol. The van der Waals surface area contributed by atoms with E-state index in [0.29, 0.717) is 10.8 Å². The summed E-state index contributed by atoms with van der Waals surface area (Å²) in [4.78, 5) is 9.31. The van der Waals surface area contributed by atoms with Crippen LogP contribution in [0.1, 0.15) is 19.0 Å². The Morgan fingerprint density at radius 3 is 2.58 bits per heavy atom. The maximum Gasteiger partial charge on any atom is 0.140 e. The quantitative estimate of drug-likeness (QED) is 0.634. The largest absolute Gasteiger partial charge is 0.308 e. The van der Waals surface area contributed by atoms with Crippen LogP contribution in [0.2, 0.25) is 5.02 Å². The summed E-state index contributed by atoms with van der Waals surface area (Å²) in [6.07, 6.45) is 1.22. The van der Waals surface area contributed by atoms with Crippen molar-refractivity contribution in [2.24, 2.45) is 5.84 Å². The van der Waals surface area contributed by atoms with Crippen LogP contribution < -0.4 is 11.3 Å². The Bertz CT molecular complexity index is 404. The summed E-state index contributed by atoms with van der Waals surface area (Å²) in [7, 11) is 0. The zero-order valence-corrected chi connectivity index (χ0v) is 12.2. The average Bonchev–Trinajstić information content (AvgIpc) is 2.44. The molecule has 19 heavy (non-hydrogen) atoms. The third-order valence-electron chi connectivity index (χ3n) is 3.44. The molecule has 0 aliphatic carbocycles. The van der Waals surface area contributed by atoms with Gasteiger partial charge in [0.25, 0.3) is 0 Å². The number of halogens is 1. The van der Waals surface area contributed by atoms with Gasteiger partial charge in [-0.15, -0.1) is 0 Å². The molecule has 0 amide bonds. The summed E-state index contributed by atoms with van der Waals surface area (Å²) in [6, 6.07) is 3.62. The summed E-state index contributed by atoms with van der Waals surface area (Å²) in [5.74, 6) is 6.03. The molecule has 1 fully saturated rings. The van der Waals surface area contributed by atoms with Crippen molar-refractivity contribution < 1.29 is 0 Å². The summed E-state index contributed by atoms with van der Waals surface area (Å²) in [6.45, 7) is 8.59. The summed E-state index contributed by atoms with van der Waals surface area (Å²) >= 11 is 6.18. The highest BCUT2D eigenvalue weighted by Gasteiger charge is 2.17. The van der Waals surface area contributed by atoms with E-state index in [0.717, 1.165) is 38.4 Å². The smallest absolute Gasteiger partial charge is 0.140 e. The Kier molecular flexibility index (Phi) is 5.39. The zero-order valence-electron chi connectivity index (χ0n) is 11.4. The number of nitrogens with one attached hydrogen (secondary N) is 1. The number of nitrogens with two attached hydrogens (primary N) is 1. The van der Waals surface area contributed by atoms with E-state index in [2.05, 4.69) is 27.1 Å². The second-order valence-corrected chi connectivity index (χ2v) is 5.29. The van der Waals surface area contributed by atoms with Crippen LogP contribution in [0.4, 0.5) is 5.82 Å². The van der Waals surface area contributed by atoms with Gasteiger partial charge in [-0.1, -0.05) is 18.5 Å². The Morgan fingerprint density at radius 2 is 1.95 bits per heavy atom. The number of hydrazine groups is 1. The third-order valence-corrected chi connectivity index (χ3v) is 3.79. The van der Waals surface area contributed by atoms with Crippen molar-refractivity contribution in [1.82, 2.24) is 14.8 Å². The Labute approximate surface area is 119 Å². The lowest BCUT2D eigenvalue weighted by atomic mass is 10.2. The summed E-state index contributed by atoms with van der Waals surface area (Å²) in [5.41, 5.74) is 3.45. The lowest BCUT2D eigenvalue weighted by Gasteiger charge is -2.34. The molecule has 1 aliphatic rings. The van der Waals surface area contributed by atoms with Crippen molar-refractivity contribution >= 4 is 17.4 Å². The zero-order chi connectivity index (χ0) is 13.7. The van der Waals surface area contributed by atoms with Gasteiger partial charge in [0.1, 0.15) is 5.82 Å². The number of anilines is 1. The first-order valence-corrected chi connectivity index (χ1v) is 7.17. The second-order valence-electron chi connectivity index (χ2n) is 4.89. The summed E-state index contributed by atoms with van der Waals surface area (Å²) in [5, 5.41) is 0.704. The fourth-order valence-corrected chi connectivity index (χ4v) is 2.54. The van der Waals surface area contributed by atoms with Gasteiger partial charge in [0.2, 0.25) is 0 Å². The van der Waals surface area contributed by atoms with Crippen LogP contribution in [0.15, 0.2) is 12.1 Å². The van der Waals surface area contributed by atoms with Gasteiger partial charge in [-0.25, -0.2) is 10.8 Å². The topological polar surface area (TPSA) is 57.4 Å². The van der Waals surface area contributed by atoms with Gasteiger partial charge in [0.15, 0.2) is 0 Å². The standard InChI is InChI=1S/C13H22ClN5/c1-2-5-18-6-8-19(9-7-18)10-12-11(14)3-4-13(16-12)17-15/h3-4H,2,5-10,15H2,1H3,(H,16,17). The van der Waals surface area contributed by atoms with Crippen LogP contribution in [0.5, 0.6) is 0 Å². The molecule has 3 N–H and O–H groups in total. The first kappa shape index (κ1) is 14.5. The molecule has 106 valence electrons. The van der Waals surface area contributed by atoms with Gasteiger partial charge in [-0.05, 0) is 25.1 Å². The van der Waals surface area contributed by atoms with Crippen LogP contribution in [0.25, 0.3) is 0 Å². The molecule has 6 heteroatoms. The fraction of sp³-hybridized carbons (Fsp3) is 0.615. The van der Waals surface area contributed by atoms with Crippen LogP contribution in [-0.2, 0) is 6.54 Å². The molecular formula is C13H22ClN5. The van der Waals surface area contributed by atoms with E-state index in [4.69, 9.17) is 17.4 Å². The molecule has 1 aromatic rings.